The lowest BCUT2D eigenvalue weighted by Crippen LogP contribution is -2.43. The molecular weight excluding hydrogens is 388 g/mol. The Balaban J connectivity index is 1.39. The van der Waals surface area contributed by atoms with Crippen LogP contribution in [-0.2, 0) is 24.2 Å². The Morgan fingerprint density at radius 2 is 1.81 bits per heavy atom. The van der Waals surface area contributed by atoms with Crippen molar-refractivity contribution in [3.8, 4) is 0 Å². The molecule has 3 aliphatic rings. The van der Waals surface area contributed by atoms with Crippen LogP contribution in [0.15, 0.2) is 35.1 Å². The molecule has 2 aliphatic heterocycles. The van der Waals surface area contributed by atoms with Gasteiger partial charge in [-0.15, -0.1) is 0 Å². The number of hydrogen-bond donors (Lipinski definition) is 1. The van der Waals surface area contributed by atoms with Crippen molar-refractivity contribution in [1.82, 2.24) is 19.8 Å². The number of carbonyl (C=O) groups excluding carboxylic acids is 1. The van der Waals surface area contributed by atoms with Crippen LogP contribution < -0.4 is 5.56 Å². The SMILES string of the molecule is O=C(Cc1ccccc1)N1CCCC[C@H]1c1nc2c(c(=O)[nH]1)CCN(C1CCCC1)C2. The van der Waals surface area contributed by atoms with E-state index in [4.69, 9.17) is 4.98 Å². The molecule has 31 heavy (non-hydrogen) atoms. The van der Waals surface area contributed by atoms with Gasteiger partial charge in [0.25, 0.3) is 5.56 Å². The van der Waals surface area contributed by atoms with E-state index >= 15 is 0 Å². The molecule has 1 N–H and O–H groups in total. The molecule has 164 valence electrons. The number of likely N-dealkylation sites (tertiary alicyclic amines) is 1. The monoisotopic (exact) mass is 420 g/mol. The maximum atomic E-state index is 13.1. The van der Waals surface area contributed by atoms with E-state index in [2.05, 4.69) is 9.88 Å². The Kier molecular flexibility index (Phi) is 5.90. The quantitative estimate of drug-likeness (QED) is 0.823. The van der Waals surface area contributed by atoms with E-state index in [0.717, 1.165) is 62.1 Å². The van der Waals surface area contributed by atoms with Crippen LogP contribution in [0.3, 0.4) is 0 Å². The summed E-state index contributed by atoms with van der Waals surface area (Å²) in [6.07, 6.45) is 9.21. The summed E-state index contributed by atoms with van der Waals surface area (Å²) in [5, 5.41) is 0. The minimum atomic E-state index is -0.134. The first kappa shape index (κ1) is 20.4. The number of benzene rings is 1. The number of hydrogen-bond acceptors (Lipinski definition) is 4. The lowest BCUT2D eigenvalue weighted by Gasteiger charge is -2.36. The number of carbonyl (C=O) groups is 1. The molecule has 2 fully saturated rings. The fourth-order valence-corrected chi connectivity index (χ4v) is 5.60. The first-order chi connectivity index (χ1) is 15.2. The zero-order chi connectivity index (χ0) is 21.2. The number of H-pyrrole nitrogens is 1. The van der Waals surface area contributed by atoms with Crippen molar-refractivity contribution in [2.75, 3.05) is 13.1 Å². The van der Waals surface area contributed by atoms with Crippen molar-refractivity contribution in [3.63, 3.8) is 0 Å². The summed E-state index contributed by atoms with van der Waals surface area (Å²) < 4.78 is 0. The van der Waals surface area contributed by atoms with Crippen LogP contribution in [0, 0.1) is 0 Å². The van der Waals surface area contributed by atoms with Crippen LogP contribution in [0.25, 0.3) is 0 Å². The number of aromatic nitrogens is 2. The molecule has 1 aromatic heterocycles. The molecule has 1 atom stereocenters. The summed E-state index contributed by atoms with van der Waals surface area (Å²) in [5.74, 6) is 0.794. The minimum absolute atomic E-state index is 0.00731. The van der Waals surface area contributed by atoms with Crippen LogP contribution in [0.5, 0.6) is 0 Å². The minimum Gasteiger partial charge on any atom is -0.332 e. The predicted octanol–water partition coefficient (Wildman–Crippen LogP) is 3.37. The van der Waals surface area contributed by atoms with Gasteiger partial charge in [-0.1, -0.05) is 43.2 Å². The van der Waals surface area contributed by atoms with Gasteiger partial charge in [-0.2, -0.15) is 0 Å². The van der Waals surface area contributed by atoms with E-state index in [1.165, 1.54) is 25.7 Å². The van der Waals surface area contributed by atoms with E-state index in [0.29, 0.717) is 18.3 Å². The van der Waals surface area contributed by atoms with Gasteiger partial charge in [-0.3, -0.25) is 14.5 Å². The molecular formula is C25H32N4O2. The molecule has 0 unspecified atom stereocenters. The maximum Gasteiger partial charge on any atom is 0.254 e. The van der Waals surface area contributed by atoms with Gasteiger partial charge < -0.3 is 9.88 Å². The molecule has 1 aromatic carbocycles. The molecule has 1 aliphatic carbocycles. The number of nitrogens with zero attached hydrogens (tertiary/aromatic N) is 3. The second-order valence-electron chi connectivity index (χ2n) is 9.30. The van der Waals surface area contributed by atoms with Gasteiger partial charge in [0.2, 0.25) is 5.91 Å². The molecule has 6 nitrogen and oxygen atoms in total. The molecule has 5 rings (SSSR count). The largest absolute Gasteiger partial charge is 0.332 e. The number of amides is 1. The topological polar surface area (TPSA) is 69.3 Å². The van der Waals surface area contributed by atoms with Crippen LogP contribution in [0.1, 0.15) is 73.6 Å². The van der Waals surface area contributed by atoms with E-state index in [9.17, 15) is 9.59 Å². The van der Waals surface area contributed by atoms with E-state index < -0.39 is 0 Å². The van der Waals surface area contributed by atoms with Crippen molar-refractivity contribution in [2.24, 2.45) is 0 Å². The van der Waals surface area contributed by atoms with Crippen LogP contribution in [-0.4, -0.2) is 44.8 Å². The first-order valence-corrected chi connectivity index (χ1v) is 11.9. The summed E-state index contributed by atoms with van der Waals surface area (Å²) in [4.78, 5) is 38.5. The van der Waals surface area contributed by atoms with Crippen LogP contribution in [0.4, 0.5) is 0 Å². The summed E-state index contributed by atoms with van der Waals surface area (Å²) in [6, 6.07) is 10.4. The summed E-state index contributed by atoms with van der Waals surface area (Å²) in [7, 11) is 0. The Labute approximate surface area is 183 Å². The highest BCUT2D eigenvalue weighted by Gasteiger charge is 2.32. The highest BCUT2D eigenvalue weighted by molar-refractivity contribution is 5.79. The fourth-order valence-electron chi connectivity index (χ4n) is 5.60. The van der Waals surface area contributed by atoms with E-state index in [1.54, 1.807) is 0 Å². The molecule has 0 spiro atoms. The third-order valence-corrected chi connectivity index (χ3v) is 7.30. The highest BCUT2D eigenvalue weighted by Crippen LogP contribution is 2.31. The highest BCUT2D eigenvalue weighted by atomic mass is 16.2. The van der Waals surface area contributed by atoms with Gasteiger partial charge >= 0.3 is 0 Å². The van der Waals surface area contributed by atoms with Crippen molar-refractivity contribution >= 4 is 5.91 Å². The average Bonchev–Trinajstić information content (AvgIpc) is 3.34. The van der Waals surface area contributed by atoms with Gasteiger partial charge in [-0.25, -0.2) is 4.98 Å². The molecule has 3 heterocycles. The molecule has 1 amide bonds. The molecule has 0 bridgehead atoms. The number of piperidine rings is 1. The second-order valence-corrected chi connectivity index (χ2v) is 9.30. The predicted molar refractivity (Wildman–Crippen MR) is 120 cm³/mol. The first-order valence-electron chi connectivity index (χ1n) is 11.9. The van der Waals surface area contributed by atoms with Crippen molar-refractivity contribution in [3.05, 3.63) is 63.3 Å². The van der Waals surface area contributed by atoms with Crippen molar-refractivity contribution < 1.29 is 4.79 Å². The molecule has 0 radical (unpaired) electrons. The van der Waals surface area contributed by atoms with Gasteiger partial charge in [0.1, 0.15) is 5.82 Å². The molecule has 1 saturated heterocycles. The zero-order valence-corrected chi connectivity index (χ0v) is 18.2. The number of nitrogens with one attached hydrogen (secondary N) is 1. The Morgan fingerprint density at radius 3 is 2.61 bits per heavy atom. The maximum absolute atomic E-state index is 13.1. The van der Waals surface area contributed by atoms with Gasteiger partial charge in [0.15, 0.2) is 0 Å². The van der Waals surface area contributed by atoms with Gasteiger partial charge in [0, 0.05) is 31.2 Å². The molecule has 6 heteroatoms. The second kappa shape index (κ2) is 8.95. The third-order valence-electron chi connectivity index (χ3n) is 7.30. The summed E-state index contributed by atoms with van der Waals surface area (Å²) in [5.41, 5.74) is 2.79. The number of aromatic amines is 1. The fraction of sp³-hybridized carbons (Fsp3) is 0.560. The van der Waals surface area contributed by atoms with Crippen molar-refractivity contribution in [1.29, 1.82) is 0 Å². The van der Waals surface area contributed by atoms with Crippen LogP contribution in [0.2, 0.25) is 0 Å². The van der Waals surface area contributed by atoms with Gasteiger partial charge in [0.05, 0.1) is 18.2 Å². The van der Waals surface area contributed by atoms with E-state index in [1.807, 2.05) is 35.2 Å². The summed E-state index contributed by atoms with van der Waals surface area (Å²) >= 11 is 0. The standard InChI is InChI=1S/C25H32N4O2/c30-23(16-18-8-2-1-3-9-18)29-14-7-6-12-22(29)24-26-21-17-28(19-10-4-5-11-19)15-13-20(21)25(31)27-24/h1-3,8-9,19,22H,4-7,10-17H2,(H,26,27,31)/t22-/m0/s1. The number of fused-ring (bicyclic) bond motifs is 1. The smallest absolute Gasteiger partial charge is 0.254 e. The van der Waals surface area contributed by atoms with Crippen molar-refractivity contribution in [2.45, 2.75) is 76.4 Å². The molecule has 2 aromatic rings. The van der Waals surface area contributed by atoms with E-state index in [-0.39, 0.29) is 17.5 Å². The zero-order valence-electron chi connectivity index (χ0n) is 18.2. The normalized spacial score (nSPS) is 22.5. The van der Waals surface area contributed by atoms with Crippen LogP contribution >= 0.6 is 0 Å². The average molecular weight is 421 g/mol. The Morgan fingerprint density at radius 1 is 1.03 bits per heavy atom. The molecule has 1 saturated carbocycles. The summed E-state index contributed by atoms with van der Waals surface area (Å²) in [6.45, 7) is 2.44. The third kappa shape index (κ3) is 4.31. The number of rotatable bonds is 4. The Hall–Kier alpha value is -2.47. The lowest BCUT2D eigenvalue weighted by molar-refractivity contribution is -0.134. The van der Waals surface area contributed by atoms with Gasteiger partial charge in [-0.05, 0) is 44.1 Å². The Bertz CT molecular complexity index is 981. The lowest BCUT2D eigenvalue weighted by atomic mass is 9.98.